The molecule has 5 nitrogen and oxygen atoms in total. The zero-order valence-electron chi connectivity index (χ0n) is 10.5. The Bertz CT molecular complexity index is 439. The van der Waals surface area contributed by atoms with E-state index in [-0.39, 0.29) is 18.3 Å². The lowest BCUT2D eigenvalue weighted by Crippen LogP contribution is -2.40. The van der Waals surface area contributed by atoms with Crippen LogP contribution in [-0.2, 0) is 16.0 Å². The largest absolute Gasteiger partial charge is 0.480 e. The molecule has 0 aromatic carbocycles. The molecule has 0 unspecified atom stereocenters. The molecule has 0 aliphatic carbocycles. The summed E-state index contributed by atoms with van der Waals surface area (Å²) in [5, 5.41) is 9.01. The van der Waals surface area contributed by atoms with Gasteiger partial charge >= 0.3 is 5.97 Å². The number of aromatic nitrogens is 1. The second kappa shape index (κ2) is 7.09. The summed E-state index contributed by atoms with van der Waals surface area (Å²) in [5.41, 5.74) is 0.997. The third-order valence-electron chi connectivity index (χ3n) is 3.21. The minimum atomic E-state index is -0.901. The highest BCUT2D eigenvalue weighted by atomic mass is 35.5. The zero-order chi connectivity index (χ0) is 13.0. The van der Waals surface area contributed by atoms with Crippen LogP contribution in [0.3, 0.4) is 0 Å². The van der Waals surface area contributed by atoms with E-state index in [1.54, 1.807) is 12.4 Å². The van der Waals surface area contributed by atoms with Crippen molar-refractivity contribution in [3.05, 3.63) is 30.1 Å². The highest BCUT2D eigenvalue weighted by Gasteiger charge is 2.33. The van der Waals surface area contributed by atoms with Gasteiger partial charge in [-0.05, 0) is 30.9 Å². The van der Waals surface area contributed by atoms with E-state index >= 15 is 0 Å². The molecule has 1 amide bonds. The zero-order valence-corrected chi connectivity index (χ0v) is 11.3. The van der Waals surface area contributed by atoms with Crippen LogP contribution in [0.15, 0.2) is 24.5 Å². The number of likely N-dealkylation sites (tertiary alicyclic amines) is 1. The standard InChI is InChI=1S/C13H16N2O3.ClH/c16-12(6-5-10-3-1-7-14-9-10)15-8-2-4-11(15)13(17)18;/h1,3,7,9,11H,2,4-6,8H2,(H,17,18);1H/t11-;/m0./s1. The number of amides is 1. The van der Waals surface area contributed by atoms with Crippen LogP contribution in [0.1, 0.15) is 24.8 Å². The summed E-state index contributed by atoms with van der Waals surface area (Å²) in [5.74, 6) is -0.981. The van der Waals surface area contributed by atoms with E-state index in [1.165, 1.54) is 4.90 Å². The Morgan fingerprint density at radius 3 is 2.89 bits per heavy atom. The van der Waals surface area contributed by atoms with Gasteiger partial charge in [0.1, 0.15) is 6.04 Å². The van der Waals surface area contributed by atoms with Crippen LogP contribution in [0.4, 0.5) is 0 Å². The number of halogens is 1. The molecule has 1 fully saturated rings. The summed E-state index contributed by atoms with van der Waals surface area (Å²) in [6, 6.07) is 3.11. The van der Waals surface area contributed by atoms with Gasteiger partial charge in [-0.1, -0.05) is 6.07 Å². The fourth-order valence-electron chi connectivity index (χ4n) is 2.26. The number of pyridine rings is 1. The first-order valence-corrected chi connectivity index (χ1v) is 6.09. The van der Waals surface area contributed by atoms with Gasteiger partial charge in [0.25, 0.3) is 0 Å². The van der Waals surface area contributed by atoms with E-state index < -0.39 is 12.0 Å². The third kappa shape index (κ3) is 3.92. The molecule has 0 radical (unpaired) electrons. The molecular weight excluding hydrogens is 268 g/mol. The first-order chi connectivity index (χ1) is 8.68. The van der Waals surface area contributed by atoms with Gasteiger partial charge in [0.2, 0.25) is 5.91 Å². The second-order valence-electron chi connectivity index (χ2n) is 4.44. The van der Waals surface area contributed by atoms with Gasteiger partial charge in [-0.15, -0.1) is 12.4 Å². The highest BCUT2D eigenvalue weighted by molar-refractivity contribution is 5.85. The summed E-state index contributed by atoms with van der Waals surface area (Å²) < 4.78 is 0. The fourth-order valence-corrected chi connectivity index (χ4v) is 2.26. The number of nitrogens with zero attached hydrogens (tertiary/aromatic N) is 2. The van der Waals surface area contributed by atoms with E-state index in [4.69, 9.17) is 5.11 Å². The minimum absolute atomic E-state index is 0. The summed E-state index contributed by atoms with van der Waals surface area (Å²) in [6.07, 6.45) is 5.70. The molecule has 0 saturated carbocycles. The Kier molecular flexibility index (Phi) is 5.76. The van der Waals surface area contributed by atoms with Crippen LogP contribution in [-0.4, -0.2) is 39.5 Å². The summed E-state index contributed by atoms with van der Waals surface area (Å²) >= 11 is 0. The van der Waals surface area contributed by atoms with Crippen LogP contribution in [0.25, 0.3) is 0 Å². The van der Waals surface area contributed by atoms with Gasteiger partial charge in [0.05, 0.1) is 0 Å². The molecular formula is C13H17ClN2O3. The van der Waals surface area contributed by atoms with Gasteiger partial charge in [0, 0.05) is 25.4 Å². The molecule has 1 aliphatic heterocycles. The molecule has 1 aromatic heterocycles. The summed E-state index contributed by atoms with van der Waals surface area (Å²) in [4.78, 5) is 28.4. The summed E-state index contributed by atoms with van der Waals surface area (Å²) in [7, 11) is 0. The molecule has 1 saturated heterocycles. The van der Waals surface area contributed by atoms with Gasteiger partial charge in [0.15, 0.2) is 0 Å². The van der Waals surface area contributed by atoms with Gasteiger partial charge < -0.3 is 10.0 Å². The van der Waals surface area contributed by atoms with Crippen molar-refractivity contribution in [3.8, 4) is 0 Å². The maximum atomic E-state index is 12.0. The number of carboxylic acids is 1. The molecule has 1 N–H and O–H groups in total. The quantitative estimate of drug-likeness (QED) is 0.910. The Hall–Kier alpha value is -1.62. The number of aryl methyl sites for hydroxylation is 1. The number of hydrogen-bond donors (Lipinski definition) is 1. The first-order valence-electron chi connectivity index (χ1n) is 6.09. The molecule has 0 spiro atoms. The van der Waals surface area contributed by atoms with Crippen molar-refractivity contribution in [2.45, 2.75) is 31.7 Å². The number of carbonyl (C=O) groups excluding carboxylic acids is 1. The van der Waals surface area contributed by atoms with Gasteiger partial charge in [-0.2, -0.15) is 0 Å². The predicted octanol–water partition coefficient (Wildman–Crippen LogP) is 1.51. The lowest BCUT2D eigenvalue weighted by molar-refractivity contribution is -0.148. The molecule has 1 aliphatic rings. The van der Waals surface area contributed by atoms with Crippen LogP contribution >= 0.6 is 12.4 Å². The molecule has 2 rings (SSSR count). The number of carboxylic acid groups (broad SMARTS) is 1. The molecule has 19 heavy (non-hydrogen) atoms. The van der Waals surface area contributed by atoms with Crippen LogP contribution < -0.4 is 0 Å². The average Bonchev–Trinajstić information content (AvgIpc) is 2.86. The number of hydrogen-bond acceptors (Lipinski definition) is 3. The maximum absolute atomic E-state index is 12.0. The Balaban J connectivity index is 0.00000180. The normalized spacial score (nSPS) is 17.9. The van der Waals surface area contributed by atoms with Crippen molar-refractivity contribution in [2.75, 3.05) is 6.54 Å². The van der Waals surface area contributed by atoms with Gasteiger partial charge in [-0.3, -0.25) is 9.78 Å². The Labute approximate surface area is 118 Å². The highest BCUT2D eigenvalue weighted by Crippen LogP contribution is 2.19. The second-order valence-corrected chi connectivity index (χ2v) is 4.44. The molecule has 1 aromatic rings. The smallest absolute Gasteiger partial charge is 0.326 e. The predicted molar refractivity (Wildman–Crippen MR) is 72.2 cm³/mol. The first kappa shape index (κ1) is 15.4. The number of aliphatic carboxylic acids is 1. The molecule has 0 bridgehead atoms. The van der Waals surface area contributed by atoms with Crippen LogP contribution in [0.2, 0.25) is 0 Å². The monoisotopic (exact) mass is 284 g/mol. The van der Waals surface area contributed by atoms with E-state index in [2.05, 4.69) is 4.98 Å². The van der Waals surface area contributed by atoms with Crippen molar-refractivity contribution >= 4 is 24.3 Å². The number of rotatable bonds is 4. The Morgan fingerprint density at radius 2 is 2.26 bits per heavy atom. The Morgan fingerprint density at radius 1 is 1.47 bits per heavy atom. The fraction of sp³-hybridized carbons (Fsp3) is 0.462. The van der Waals surface area contributed by atoms with Gasteiger partial charge in [-0.25, -0.2) is 4.79 Å². The molecule has 2 heterocycles. The molecule has 104 valence electrons. The van der Waals surface area contributed by atoms with E-state index in [1.807, 2.05) is 12.1 Å². The maximum Gasteiger partial charge on any atom is 0.326 e. The van der Waals surface area contributed by atoms with Crippen molar-refractivity contribution in [2.24, 2.45) is 0 Å². The lowest BCUT2D eigenvalue weighted by Gasteiger charge is -2.21. The van der Waals surface area contributed by atoms with E-state index in [0.717, 1.165) is 12.0 Å². The van der Waals surface area contributed by atoms with Crippen molar-refractivity contribution in [3.63, 3.8) is 0 Å². The third-order valence-corrected chi connectivity index (χ3v) is 3.21. The SMILES string of the molecule is Cl.O=C(O)[C@@H]1CCCN1C(=O)CCc1cccnc1. The van der Waals surface area contributed by atoms with Crippen molar-refractivity contribution in [1.82, 2.24) is 9.88 Å². The van der Waals surface area contributed by atoms with Crippen molar-refractivity contribution in [1.29, 1.82) is 0 Å². The van der Waals surface area contributed by atoms with Crippen molar-refractivity contribution < 1.29 is 14.7 Å². The van der Waals surface area contributed by atoms with E-state index in [0.29, 0.717) is 25.8 Å². The average molecular weight is 285 g/mol. The van der Waals surface area contributed by atoms with Crippen LogP contribution in [0.5, 0.6) is 0 Å². The minimum Gasteiger partial charge on any atom is -0.480 e. The van der Waals surface area contributed by atoms with E-state index in [9.17, 15) is 9.59 Å². The number of carbonyl (C=O) groups is 2. The molecule has 6 heteroatoms. The van der Waals surface area contributed by atoms with Crippen LogP contribution in [0, 0.1) is 0 Å². The lowest BCUT2D eigenvalue weighted by atomic mass is 10.1. The summed E-state index contributed by atoms with van der Waals surface area (Å²) in [6.45, 7) is 0.558. The molecule has 1 atom stereocenters. The topological polar surface area (TPSA) is 70.5 Å².